The Labute approximate surface area is 208 Å². The zero-order valence-electron chi connectivity index (χ0n) is 17.3. The second-order valence-electron chi connectivity index (χ2n) is 6.67. The lowest BCUT2D eigenvalue weighted by Crippen LogP contribution is -2.05. The largest absolute Gasteiger partial charge is 0.508 e. The molecule has 0 spiro atoms. The van der Waals surface area contributed by atoms with E-state index < -0.39 is 0 Å². The van der Waals surface area contributed by atoms with Crippen molar-refractivity contribution in [1.82, 2.24) is 0 Å². The number of phenolic OH excluding ortho intramolecular Hbond substituents is 2. The first kappa shape index (κ1) is 23.6. The Kier molecular flexibility index (Phi) is 8.65. The van der Waals surface area contributed by atoms with Gasteiger partial charge >= 0.3 is 0 Å². The highest BCUT2D eigenvalue weighted by molar-refractivity contribution is 8.77. The molecule has 4 nitrogen and oxygen atoms in total. The molecule has 0 aliphatic heterocycles. The Morgan fingerprint density at radius 1 is 0.424 bits per heavy atom. The van der Waals surface area contributed by atoms with E-state index in [1.807, 2.05) is 72.8 Å². The number of rotatable bonds is 10. The standard InChI is InChI=1S/C25H20O4S4/c26-18-1-9-22(10-2-18)30-32-24-13-5-20(6-14-24)28-17-29-21-7-15-25(16-8-21)33-31-23-11-3-19(27)4-12-23/h1-16,26-27H,17H2. The summed E-state index contributed by atoms with van der Waals surface area (Å²) in [6.45, 7) is 0.128. The molecule has 0 saturated heterocycles. The molecule has 4 aromatic rings. The first-order chi connectivity index (χ1) is 16.1. The molecular formula is C25H20O4S4. The van der Waals surface area contributed by atoms with Gasteiger partial charge in [0.05, 0.1) is 0 Å². The van der Waals surface area contributed by atoms with E-state index in [4.69, 9.17) is 9.47 Å². The molecule has 0 amide bonds. The summed E-state index contributed by atoms with van der Waals surface area (Å²) >= 11 is 0. The Balaban J connectivity index is 1.18. The lowest BCUT2D eigenvalue weighted by molar-refractivity contribution is 0.120. The summed E-state index contributed by atoms with van der Waals surface area (Å²) < 4.78 is 11.4. The Bertz CT molecular complexity index is 1040. The molecule has 4 rings (SSSR count). The van der Waals surface area contributed by atoms with Crippen LogP contribution in [0, 0.1) is 0 Å². The molecule has 0 atom stereocenters. The van der Waals surface area contributed by atoms with Crippen LogP contribution < -0.4 is 9.47 Å². The highest BCUT2D eigenvalue weighted by Gasteiger charge is 2.02. The number of hydrogen-bond donors (Lipinski definition) is 2. The van der Waals surface area contributed by atoms with Crippen LogP contribution in [0.4, 0.5) is 0 Å². The molecule has 0 unspecified atom stereocenters. The molecule has 8 heteroatoms. The number of phenols is 2. The summed E-state index contributed by atoms with van der Waals surface area (Å²) in [5.74, 6) is 2.03. The van der Waals surface area contributed by atoms with E-state index in [1.165, 1.54) is 0 Å². The topological polar surface area (TPSA) is 58.9 Å². The van der Waals surface area contributed by atoms with E-state index in [0.29, 0.717) is 0 Å². The van der Waals surface area contributed by atoms with Crippen molar-refractivity contribution < 1.29 is 19.7 Å². The van der Waals surface area contributed by atoms with Gasteiger partial charge in [-0.05, 0) is 97.1 Å². The van der Waals surface area contributed by atoms with Gasteiger partial charge in [0, 0.05) is 19.6 Å². The Hall–Kier alpha value is -2.52. The molecular weight excluding hydrogens is 493 g/mol. The van der Waals surface area contributed by atoms with Crippen molar-refractivity contribution >= 4 is 43.2 Å². The molecule has 2 N–H and O–H groups in total. The van der Waals surface area contributed by atoms with E-state index in [0.717, 1.165) is 31.1 Å². The summed E-state index contributed by atoms with van der Waals surface area (Å²) in [4.78, 5) is 4.38. The molecule has 0 bridgehead atoms. The van der Waals surface area contributed by atoms with Gasteiger partial charge in [-0.3, -0.25) is 0 Å². The monoisotopic (exact) mass is 512 g/mol. The SMILES string of the molecule is Oc1ccc(SSc2ccc(OCOc3ccc(SSc4ccc(O)cc4)cc3)cc2)cc1. The molecule has 33 heavy (non-hydrogen) atoms. The molecule has 0 radical (unpaired) electrons. The maximum Gasteiger partial charge on any atom is 0.230 e. The lowest BCUT2D eigenvalue weighted by Gasteiger charge is -2.09. The summed E-state index contributed by atoms with van der Waals surface area (Å²) in [7, 11) is 6.56. The zero-order valence-corrected chi connectivity index (χ0v) is 20.6. The summed E-state index contributed by atoms with van der Waals surface area (Å²) in [6, 6.07) is 30.0. The highest BCUT2D eigenvalue weighted by atomic mass is 33.1. The van der Waals surface area contributed by atoms with Crippen LogP contribution in [0.25, 0.3) is 0 Å². The summed E-state index contributed by atoms with van der Waals surface area (Å²) in [6.07, 6.45) is 0. The van der Waals surface area contributed by atoms with E-state index in [1.54, 1.807) is 67.4 Å². The Morgan fingerprint density at radius 2 is 0.697 bits per heavy atom. The van der Waals surface area contributed by atoms with Crippen LogP contribution in [-0.4, -0.2) is 17.0 Å². The molecule has 168 valence electrons. The second-order valence-corrected chi connectivity index (χ2v) is 11.2. The highest BCUT2D eigenvalue weighted by Crippen LogP contribution is 2.39. The second kappa shape index (κ2) is 12.1. The van der Waals surface area contributed by atoms with Crippen LogP contribution in [0.1, 0.15) is 0 Å². The molecule has 0 aromatic heterocycles. The van der Waals surface area contributed by atoms with Crippen LogP contribution in [0.15, 0.2) is 117 Å². The average Bonchev–Trinajstić information content (AvgIpc) is 2.85. The van der Waals surface area contributed by atoms with Gasteiger partial charge in [-0.25, -0.2) is 0 Å². The van der Waals surface area contributed by atoms with Crippen molar-refractivity contribution in [3.63, 3.8) is 0 Å². The molecule has 0 saturated carbocycles. The summed E-state index contributed by atoms with van der Waals surface area (Å²) in [5, 5.41) is 18.7. The first-order valence-corrected chi connectivity index (χ1v) is 14.2. The maximum atomic E-state index is 9.35. The van der Waals surface area contributed by atoms with Gasteiger partial charge in [0.15, 0.2) is 0 Å². The van der Waals surface area contributed by atoms with E-state index >= 15 is 0 Å². The zero-order chi connectivity index (χ0) is 22.9. The van der Waals surface area contributed by atoms with Crippen LogP contribution in [-0.2, 0) is 0 Å². The number of ether oxygens (including phenoxy) is 2. The third-order valence-electron chi connectivity index (χ3n) is 4.24. The molecule has 0 heterocycles. The van der Waals surface area contributed by atoms with Gasteiger partial charge in [-0.1, -0.05) is 43.2 Å². The summed E-state index contributed by atoms with van der Waals surface area (Å²) in [5.41, 5.74) is 0. The van der Waals surface area contributed by atoms with E-state index in [2.05, 4.69) is 0 Å². The third-order valence-corrected chi connectivity index (χ3v) is 9.07. The number of benzene rings is 4. The van der Waals surface area contributed by atoms with Crippen molar-refractivity contribution in [2.45, 2.75) is 19.6 Å². The first-order valence-electron chi connectivity index (χ1n) is 9.87. The number of hydrogen-bond acceptors (Lipinski definition) is 8. The molecule has 0 fully saturated rings. The van der Waals surface area contributed by atoms with Crippen molar-refractivity contribution in [3.8, 4) is 23.0 Å². The van der Waals surface area contributed by atoms with Crippen molar-refractivity contribution in [2.24, 2.45) is 0 Å². The van der Waals surface area contributed by atoms with Crippen LogP contribution in [0.5, 0.6) is 23.0 Å². The van der Waals surface area contributed by atoms with Gasteiger partial charge < -0.3 is 19.7 Å². The number of aromatic hydroxyl groups is 2. The maximum absolute atomic E-state index is 9.35. The van der Waals surface area contributed by atoms with E-state index in [-0.39, 0.29) is 18.3 Å². The van der Waals surface area contributed by atoms with Gasteiger partial charge in [0.25, 0.3) is 0 Å². The lowest BCUT2D eigenvalue weighted by atomic mass is 10.3. The fourth-order valence-electron chi connectivity index (χ4n) is 2.54. The van der Waals surface area contributed by atoms with Gasteiger partial charge in [-0.15, -0.1) is 0 Å². The quantitative estimate of drug-likeness (QED) is 0.163. The smallest absolute Gasteiger partial charge is 0.230 e. The van der Waals surface area contributed by atoms with Gasteiger partial charge in [-0.2, -0.15) is 0 Å². The van der Waals surface area contributed by atoms with E-state index in [9.17, 15) is 10.2 Å². The Morgan fingerprint density at radius 3 is 1.00 bits per heavy atom. The van der Waals surface area contributed by atoms with Gasteiger partial charge in [0.2, 0.25) is 6.79 Å². The van der Waals surface area contributed by atoms with Crippen LogP contribution >= 0.6 is 43.2 Å². The normalized spacial score (nSPS) is 10.7. The van der Waals surface area contributed by atoms with Crippen LogP contribution in [0.3, 0.4) is 0 Å². The predicted molar refractivity (Wildman–Crippen MR) is 139 cm³/mol. The fraction of sp³-hybridized carbons (Fsp3) is 0.0400. The average molecular weight is 513 g/mol. The van der Waals surface area contributed by atoms with Crippen molar-refractivity contribution in [3.05, 3.63) is 97.1 Å². The molecule has 4 aromatic carbocycles. The molecule has 0 aliphatic rings. The minimum absolute atomic E-state index is 0.128. The third kappa shape index (κ3) is 7.78. The fourth-order valence-corrected chi connectivity index (χ4v) is 6.41. The van der Waals surface area contributed by atoms with Crippen molar-refractivity contribution in [2.75, 3.05) is 6.79 Å². The molecule has 0 aliphatic carbocycles. The predicted octanol–water partition coefficient (Wildman–Crippen LogP) is 8.11. The minimum Gasteiger partial charge on any atom is -0.508 e. The van der Waals surface area contributed by atoms with Crippen LogP contribution in [0.2, 0.25) is 0 Å². The van der Waals surface area contributed by atoms with Gasteiger partial charge in [0.1, 0.15) is 23.0 Å². The minimum atomic E-state index is 0.128. The van der Waals surface area contributed by atoms with Crippen molar-refractivity contribution in [1.29, 1.82) is 0 Å².